The molecule has 1 aromatic carbocycles. The van der Waals surface area contributed by atoms with Crippen LogP contribution in [-0.4, -0.2) is 50.7 Å². The van der Waals surface area contributed by atoms with Crippen LogP contribution in [0.2, 0.25) is 0 Å². The van der Waals surface area contributed by atoms with Crippen molar-refractivity contribution >= 4 is 10.0 Å². The van der Waals surface area contributed by atoms with Crippen LogP contribution in [0.1, 0.15) is 18.4 Å². The van der Waals surface area contributed by atoms with E-state index in [1.165, 1.54) is 4.31 Å². The molecule has 1 heterocycles. The molecule has 1 aliphatic heterocycles. The summed E-state index contributed by atoms with van der Waals surface area (Å²) in [5.74, 6) is 0. The average Bonchev–Trinajstić information content (AvgIpc) is 2.95. The quantitative estimate of drug-likeness (QED) is 0.851. The average molecular weight is 299 g/mol. The van der Waals surface area contributed by atoms with Crippen LogP contribution >= 0.6 is 0 Å². The van der Waals surface area contributed by atoms with Gasteiger partial charge in [0.2, 0.25) is 10.0 Å². The first-order valence-corrected chi connectivity index (χ1v) is 8.24. The SMILES string of the molecule is COC1CCN(S(=O)(=O)c2ccc(CCCO)cc2)C1. The molecule has 1 aliphatic rings. The molecule has 1 aromatic rings. The maximum Gasteiger partial charge on any atom is 0.243 e. The normalized spacial score (nSPS) is 20.4. The lowest BCUT2D eigenvalue weighted by Gasteiger charge is -2.16. The Morgan fingerprint density at radius 3 is 2.60 bits per heavy atom. The maximum absolute atomic E-state index is 12.5. The molecule has 0 aromatic heterocycles. The van der Waals surface area contributed by atoms with Gasteiger partial charge in [0.15, 0.2) is 0 Å². The van der Waals surface area contributed by atoms with Crippen LogP contribution < -0.4 is 0 Å². The fraction of sp³-hybridized carbons (Fsp3) is 0.571. The van der Waals surface area contributed by atoms with Gasteiger partial charge in [0.05, 0.1) is 11.0 Å². The van der Waals surface area contributed by atoms with E-state index in [4.69, 9.17) is 9.84 Å². The van der Waals surface area contributed by atoms with E-state index in [0.29, 0.717) is 24.4 Å². The van der Waals surface area contributed by atoms with Crippen LogP contribution in [0.5, 0.6) is 0 Å². The van der Waals surface area contributed by atoms with Gasteiger partial charge in [0.25, 0.3) is 0 Å². The summed E-state index contributed by atoms with van der Waals surface area (Å²) in [5.41, 5.74) is 1.04. The van der Waals surface area contributed by atoms with Crippen molar-refractivity contribution in [2.24, 2.45) is 0 Å². The number of benzene rings is 1. The Kier molecular flexibility index (Phi) is 5.15. The van der Waals surface area contributed by atoms with Gasteiger partial charge in [-0.1, -0.05) is 12.1 Å². The zero-order chi connectivity index (χ0) is 14.6. The van der Waals surface area contributed by atoms with Crippen molar-refractivity contribution in [1.82, 2.24) is 4.31 Å². The first-order chi connectivity index (χ1) is 9.57. The smallest absolute Gasteiger partial charge is 0.243 e. The molecule has 0 radical (unpaired) electrons. The molecule has 1 unspecified atom stereocenters. The van der Waals surface area contributed by atoms with Crippen molar-refractivity contribution in [3.63, 3.8) is 0 Å². The van der Waals surface area contributed by atoms with E-state index in [1.807, 2.05) is 12.1 Å². The second-order valence-electron chi connectivity index (χ2n) is 4.98. The van der Waals surface area contributed by atoms with E-state index in [2.05, 4.69) is 0 Å². The van der Waals surface area contributed by atoms with Crippen molar-refractivity contribution in [3.05, 3.63) is 29.8 Å². The topological polar surface area (TPSA) is 66.8 Å². The molecular weight excluding hydrogens is 278 g/mol. The van der Waals surface area contributed by atoms with Gasteiger partial charge in [-0.15, -0.1) is 0 Å². The number of nitrogens with zero attached hydrogens (tertiary/aromatic N) is 1. The van der Waals surface area contributed by atoms with Gasteiger partial charge in [0, 0.05) is 26.8 Å². The van der Waals surface area contributed by atoms with Crippen LogP contribution in [0.3, 0.4) is 0 Å². The Hall–Kier alpha value is -0.950. The summed E-state index contributed by atoms with van der Waals surface area (Å²) in [7, 11) is -1.81. The Labute approximate surface area is 120 Å². The van der Waals surface area contributed by atoms with Gasteiger partial charge in [0.1, 0.15) is 0 Å². The zero-order valence-electron chi connectivity index (χ0n) is 11.7. The predicted octanol–water partition coefficient (Wildman–Crippen LogP) is 1.02. The monoisotopic (exact) mass is 299 g/mol. The van der Waals surface area contributed by atoms with Gasteiger partial charge in [-0.3, -0.25) is 0 Å². The zero-order valence-corrected chi connectivity index (χ0v) is 12.5. The Bertz CT molecular complexity index is 527. The summed E-state index contributed by atoms with van der Waals surface area (Å²) in [6.07, 6.45) is 2.18. The van der Waals surface area contributed by atoms with E-state index in [0.717, 1.165) is 18.4 Å². The Morgan fingerprint density at radius 2 is 2.05 bits per heavy atom. The number of ether oxygens (including phenoxy) is 1. The molecular formula is C14H21NO4S. The fourth-order valence-electron chi connectivity index (χ4n) is 2.37. The number of aliphatic hydroxyl groups is 1. The molecule has 6 heteroatoms. The molecule has 2 rings (SSSR count). The number of sulfonamides is 1. The van der Waals surface area contributed by atoms with Crippen molar-refractivity contribution in [3.8, 4) is 0 Å². The van der Waals surface area contributed by atoms with E-state index < -0.39 is 10.0 Å². The molecule has 20 heavy (non-hydrogen) atoms. The van der Waals surface area contributed by atoms with Gasteiger partial charge in [-0.05, 0) is 37.0 Å². The molecule has 1 fully saturated rings. The van der Waals surface area contributed by atoms with Gasteiger partial charge in [-0.2, -0.15) is 4.31 Å². The summed E-state index contributed by atoms with van der Waals surface area (Å²) >= 11 is 0. The van der Waals surface area contributed by atoms with Crippen molar-refractivity contribution in [2.75, 3.05) is 26.8 Å². The molecule has 1 N–H and O–H groups in total. The minimum Gasteiger partial charge on any atom is -0.396 e. The number of hydrogen-bond acceptors (Lipinski definition) is 4. The van der Waals surface area contributed by atoms with Crippen molar-refractivity contribution < 1.29 is 18.3 Å². The van der Waals surface area contributed by atoms with Crippen LogP contribution in [0.4, 0.5) is 0 Å². The minimum atomic E-state index is -3.42. The first-order valence-electron chi connectivity index (χ1n) is 6.80. The Balaban J connectivity index is 2.10. The molecule has 5 nitrogen and oxygen atoms in total. The molecule has 1 atom stereocenters. The van der Waals surface area contributed by atoms with Crippen LogP contribution in [0.15, 0.2) is 29.2 Å². The summed E-state index contributed by atoms with van der Waals surface area (Å²) < 4.78 is 31.6. The van der Waals surface area contributed by atoms with E-state index in [1.54, 1.807) is 19.2 Å². The largest absolute Gasteiger partial charge is 0.396 e. The third kappa shape index (κ3) is 3.38. The third-order valence-corrected chi connectivity index (χ3v) is 5.51. The summed E-state index contributed by atoms with van der Waals surface area (Å²) in [6.45, 7) is 1.07. The number of rotatable bonds is 6. The summed E-state index contributed by atoms with van der Waals surface area (Å²) in [4.78, 5) is 0.321. The van der Waals surface area contributed by atoms with E-state index in [9.17, 15) is 8.42 Å². The highest BCUT2D eigenvalue weighted by Gasteiger charge is 2.32. The second-order valence-corrected chi connectivity index (χ2v) is 6.92. The first kappa shape index (κ1) is 15.4. The maximum atomic E-state index is 12.5. The molecule has 0 saturated carbocycles. The summed E-state index contributed by atoms with van der Waals surface area (Å²) in [5, 5.41) is 8.79. The van der Waals surface area contributed by atoms with E-state index in [-0.39, 0.29) is 12.7 Å². The van der Waals surface area contributed by atoms with Crippen molar-refractivity contribution in [2.45, 2.75) is 30.3 Å². The molecule has 0 amide bonds. The number of methoxy groups -OCH3 is 1. The highest BCUT2D eigenvalue weighted by Crippen LogP contribution is 2.22. The highest BCUT2D eigenvalue weighted by molar-refractivity contribution is 7.89. The molecule has 1 saturated heterocycles. The van der Waals surface area contributed by atoms with E-state index >= 15 is 0 Å². The molecule has 112 valence electrons. The lowest BCUT2D eigenvalue weighted by Crippen LogP contribution is -2.30. The lowest BCUT2D eigenvalue weighted by atomic mass is 10.1. The number of aliphatic hydroxyl groups excluding tert-OH is 1. The fourth-order valence-corrected chi connectivity index (χ4v) is 3.86. The molecule has 0 aliphatic carbocycles. The van der Waals surface area contributed by atoms with Gasteiger partial charge >= 0.3 is 0 Å². The minimum absolute atomic E-state index is 0.00592. The highest BCUT2D eigenvalue weighted by atomic mass is 32.2. The predicted molar refractivity (Wildman–Crippen MR) is 76.0 cm³/mol. The van der Waals surface area contributed by atoms with Crippen LogP contribution in [-0.2, 0) is 21.2 Å². The van der Waals surface area contributed by atoms with Crippen LogP contribution in [0, 0.1) is 0 Å². The summed E-state index contributed by atoms with van der Waals surface area (Å²) in [6, 6.07) is 6.91. The van der Waals surface area contributed by atoms with Gasteiger partial charge in [-0.25, -0.2) is 8.42 Å². The molecule has 0 spiro atoms. The Morgan fingerprint density at radius 1 is 1.35 bits per heavy atom. The molecule has 0 bridgehead atoms. The van der Waals surface area contributed by atoms with Crippen molar-refractivity contribution in [1.29, 1.82) is 0 Å². The lowest BCUT2D eigenvalue weighted by molar-refractivity contribution is 0.115. The third-order valence-electron chi connectivity index (χ3n) is 3.63. The number of hydrogen-bond donors (Lipinski definition) is 1. The van der Waals surface area contributed by atoms with Gasteiger partial charge < -0.3 is 9.84 Å². The standard InChI is InChI=1S/C14H21NO4S/c1-19-13-8-9-15(11-13)20(17,18)14-6-4-12(5-7-14)3-2-10-16/h4-7,13,16H,2-3,8-11H2,1H3. The number of aryl methyl sites for hydroxylation is 1. The van der Waals surface area contributed by atoms with Crippen LogP contribution in [0.25, 0.3) is 0 Å². The second kappa shape index (κ2) is 6.67.